The Hall–Kier alpha value is -1.02. The lowest BCUT2D eigenvalue weighted by Crippen LogP contribution is -2.22. The molecule has 1 atom stereocenters. The number of phenols is 1. The first-order valence-electron chi connectivity index (χ1n) is 7.96. The van der Waals surface area contributed by atoms with Gasteiger partial charge in [-0.15, -0.1) is 0 Å². The average Bonchev–Trinajstić information content (AvgIpc) is 2.34. The van der Waals surface area contributed by atoms with Crippen LogP contribution >= 0.6 is 0 Å². The van der Waals surface area contributed by atoms with E-state index in [1.807, 2.05) is 12.1 Å². The van der Waals surface area contributed by atoms with Gasteiger partial charge in [-0.3, -0.25) is 0 Å². The lowest BCUT2D eigenvalue weighted by atomic mass is 9.74. The van der Waals surface area contributed by atoms with Gasteiger partial charge in [-0.2, -0.15) is 0 Å². The molecule has 0 aliphatic heterocycles. The number of aliphatic hydroxyl groups is 1. The Labute approximate surface area is 130 Å². The van der Waals surface area contributed by atoms with E-state index >= 15 is 0 Å². The molecule has 120 valence electrons. The van der Waals surface area contributed by atoms with Crippen LogP contribution in [0.2, 0.25) is 0 Å². The second-order valence-electron chi connectivity index (χ2n) is 8.23. The van der Waals surface area contributed by atoms with Gasteiger partial charge >= 0.3 is 0 Å². The molecular formula is C19H32O2. The molecule has 0 bridgehead atoms. The highest BCUT2D eigenvalue weighted by Crippen LogP contribution is 2.38. The molecule has 1 rings (SSSR count). The molecule has 1 aromatic rings. The maximum atomic E-state index is 10.7. The number of aromatic hydroxyl groups is 1. The molecule has 0 amide bonds. The monoisotopic (exact) mass is 292 g/mol. The van der Waals surface area contributed by atoms with Crippen LogP contribution in [0.3, 0.4) is 0 Å². The molecule has 0 aromatic heterocycles. The summed E-state index contributed by atoms with van der Waals surface area (Å²) in [6.07, 6.45) is 1.93. The summed E-state index contributed by atoms with van der Waals surface area (Å²) in [6.45, 7) is 15.2. The van der Waals surface area contributed by atoms with Crippen molar-refractivity contribution in [2.24, 2.45) is 11.3 Å². The maximum Gasteiger partial charge on any atom is 0.122 e. The third-order valence-electron chi connectivity index (χ3n) is 4.42. The predicted octanol–water partition coefficient (Wildman–Crippen LogP) is 4.80. The zero-order valence-corrected chi connectivity index (χ0v) is 14.7. The van der Waals surface area contributed by atoms with Crippen molar-refractivity contribution >= 4 is 0 Å². The van der Waals surface area contributed by atoms with E-state index in [9.17, 15) is 10.2 Å². The van der Waals surface area contributed by atoms with Crippen LogP contribution in [0.5, 0.6) is 5.75 Å². The summed E-state index contributed by atoms with van der Waals surface area (Å²) < 4.78 is 0. The molecule has 21 heavy (non-hydrogen) atoms. The highest BCUT2D eigenvalue weighted by Gasteiger charge is 2.27. The quantitative estimate of drug-likeness (QED) is 0.837. The smallest absolute Gasteiger partial charge is 0.122 e. The van der Waals surface area contributed by atoms with Crippen molar-refractivity contribution in [3.8, 4) is 5.75 Å². The molecule has 1 aromatic carbocycles. The van der Waals surface area contributed by atoms with E-state index in [1.165, 1.54) is 0 Å². The van der Waals surface area contributed by atoms with Crippen LogP contribution < -0.4 is 0 Å². The van der Waals surface area contributed by atoms with Crippen LogP contribution in [0.4, 0.5) is 0 Å². The van der Waals surface area contributed by atoms with Crippen molar-refractivity contribution in [2.45, 2.75) is 73.3 Å². The second kappa shape index (κ2) is 6.39. The van der Waals surface area contributed by atoms with E-state index in [-0.39, 0.29) is 17.4 Å². The van der Waals surface area contributed by atoms with Gasteiger partial charge in [-0.1, -0.05) is 54.9 Å². The molecule has 2 N–H and O–H groups in total. The van der Waals surface area contributed by atoms with E-state index in [2.05, 4.69) is 48.5 Å². The fourth-order valence-electron chi connectivity index (χ4n) is 2.91. The van der Waals surface area contributed by atoms with Crippen LogP contribution in [0.25, 0.3) is 0 Å². The molecule has 0 aliphatic carbocycles. The van der Waals surface area contributed by atoms with Gasteiger partial charge in [0, 0.05) is 0 Å². The third kappa shape index (κ3) is 4.47. The van der Waals surface area contributed by atoms with Crippen molar-refractivity contribution in [3.05, 3.63) is 28.8 Å². The SMILES string of the molecule is CCC(Cc1cc(CO)cc(C(C)(C)C)c1O)C(C)(C)C. The van der Waals surface area contributed by atoms with E-state index in [0.717, 1.165) is 29.5 Å². The Morgan fingerprint density at radius 1 is 1.05 bits per heavy atom. The number of phenolic OH excluding ortho intramolecular Hbond substituents is 1. The normalized spacial score (nSPS) is 14.3. The fraction of sp³-hybridized carbons (Fsp3) is 0.684. The van der Waals surface area contributed by atoms with Gasteiger partial charge in [-0.25, -0.2) is 0 Å². The van der Waals surface area contributed by atoms with Gasteiger partial charge in [0.2, 0.25) is 0 Å². The number of aliphatic hydroxyl groups excluding tert-OH is 1. The standard InChI is InChI=1S/C19H32O2/c1-8-15(18(2,3)4)11-14-9-13(12-20)10-16(17(14)21)19(5,6)7/h9-10,15,20-21H,8,11-12H2,1-7H3. The zero-order valence-electron chi connectivity index (χ0n) is 14.7. The summed E-state index contributed by atoms with van der Waals surface area (Å²) in [4.78, 5) is 0. The second-order valence-corrected chi connectivity index (χ2v) is 8.23. The van der Waals surface area contributed by atoms with Crippen LogP contribution in [0, 0.1) is 11.3 Å². The first-order chi connectivity index (χ1) is 9.50. The lowest BCUT2D eigenvalue weighted by Gasteiger charge is -2.31. The van der Waals surface area contributed by atoms with Crippen molar-refractivity contribution < 1.29 is 10.2 Å². The summed E-state index contributed by atoms with van der Waals surface area (Å²) in [5, 5.41) is 20.2. The largest absolute Gasteiger partial charge is 0.507 e. The average molecular weight is 292 g/mol. The van der Waals surface area contributed by atoms with Crippen LogP contribution in [-0.2, 0) is 18.4 Å². The molecule has 0 spiro atoms. The molecule has 0 saturated carbocycles. The molecule has 0 aliphatic rings. The predicted molar refractivity (Wildman–Crippen MR) is 89.7 cm³/mol. The van der Waals surface area contributed by atoms with Gasteiger partial charge < -0.3 is 10.2 Å². The highest BCUT2D eigenvalue weighted by molar-refractivity contribution is 5.47. The van der Waals surface area contributed by atoms with Crippen LogP contribution in [-0.4, -0.2) is 10.2 Å². The lowest BCUT2D eigenvalue weighted by molar-refractivity contribution is 0.229. The molecule has 0 heterocycles. The van der Waals surface area contributed by atoms with E-state index in [4.69, 9.17) is 0 Å². The van der Waals surface area contributed by atoms with E-state index < -0.39 is 0 Å². The number of hydrogen-bond donors (Lipinski definition) is 2. The van der Waals surface area contributed by atoms with Crippen molar-refractivity contribution in [3.63, 3.8) is 0 Å². The van der Waals surface area contributed by atoms with Crippen LogP contribution in [0.15, 0.2) is 12.1 Å². The Morgan fingerprint density at radius 2 is 1.62 bits per heavy atom. The molecule has 2 nitrogen and oxygen atoms in total. The fourth-order valence-corrected chi connectivity index (χ4v) is 2.91. The minimum Gasteiger partial charge on any atom is -0.507 e. The van der Waals surface area contributed by atoms with Crippen LogP contribution in [0.1, 0.15) is 71.6 Å². The van der Waals surface area contributed by atoms with Crippen molar-refractivity contribution in [1.82, 2.24) is 0 Å². The molecular weight excluding hydrogens is 260 g/mol. The number of rotatable bonds is 4. The Bertz CT molecular complexity index is 476. The highest BCUT2D eigenvalue weighted by atomic mass is 16.3. The van der Waals surface area contributed by atoms with E-state index in [0.29, 0.717) is 11.7 Å². The summed E-state index contributed by atoms with van der Waals surface area (Å²) in [7, 11) is 0. The van der Waals surface area contributed by atoms with E-state index in [1.54, 1.807) is 0 Å². The molecule has 0 saturated heterocycles. The van der Waals surface area contributed by atoms with Crippen molar-refractivity contribution in [2.75, 3.05) is 0 Å². The molecule has 2 heteroatoms. The van der Waals surface area contributed by atoms with Gasteiger partial charge in [0.05, 0.1) is 6.61 Å². The first kappa shape index (κ1) is 18.0. The Morgan fingerprint density at radius 3 is 2.00 bits per heavy atom. The Kier molecular flexibility index (Phi) is 5.49. The maximum absolute atomic E-state index is 10.7. The summed E-state index contributed by atoms with van der Waals surface area (Å²) in [6, 6.07) is 3.88. The molecule has 0 radical (unpaired) electrons. The third-order valence-corrected chi connectivity index (χ3v) is 4.42. The zero-order chi connectivity index (χ0) is 16.4. The van der Waals surface area contributed by atoms with Gasteiger partial charge in [0.1, 0.15) is 5.75 Å². The van der Waals surface area contributed by atoms with Gasteiger partial charge in [0.15, 0.2) is 0 Å². The summed E-state index contributed by atoms with van der Waals surface area (Å²) in [5.74, 6) is 0.910. The molecule has 0 fully saturated rings. The first-order valence-corrected chi connectivity index (χ1v) is 7.96. The minimum atomic E-state index is -0.131. The number of benzene rings is 1. The van der Waals surface area contributed by atoms with Gasteiger partial charge in [-0.05, 0) is 52.0 Å². The summed E-state index contributed by atoms with van der Waals surface area (Å²) in [5.41, 5.74) is 2.85. The minimum absolute atomic E-state index is 0.0165. The van der Waals surface area contributed by atoms with Crippen molar-refractivity contribution in [1.29, 1.82) is 0 Å². The Balaban J connectivity index is 3.29. The number of hydrogen-bond acceptors (Lipinski definition) is 2. The van der Waals surface area contributed by atoms with Gasteiger partial charge in [0.25, 0.3) is 0 Å². The summed E-state index contributed by atoms with van der Waals surface area (Å²) >= 11 is 0. The molecule has 1 unspecified atom stereocenters. The topological polar surface area (TPSA) is 40.5 Å².